The van der Waals surface area contributed by atoms with Gasteiger partial charge < -0.3 is 10.2 Å². The zero-order valence-corrected chi connectivity index (χ0v) is 12.9. The van der Waals surface area contributed by atoms with Crippen molar-refractivity contribution < 1.29 is 0 Å². The van der Waals surface area contributed by atoms with Crippen LogP contribution in [0.2, 0.25) is 0 Å². The van der Waals surface area contributed by atoms with Crippen molar-refractivity contribution in [3.05, 3.63) is 23.9 Å². The van der Waals surface area contributed by atoms with Gasteiger partial charge in [-0.05, 0) is 32.9 Å². The number of hydrogen-bond acceptors (Lipinski definition) is 3. The number of hydrogen-bond donors (Lipinski definition) is 1. The Hall–Kier alpha value is -1.09. The van der Waals surface area contributed by atoms with Crippen molar-refractivity contribution in [1.29, 1.82) is 0 Å². The molecule has 0 aliphatic rings. The molecule has 0 amide bonds. The standard InChI is InChI=1S/C16H29N3/c1-5-7-12-19(13-8-6-2)16-15(14(3)17-4)10-9-11-18-16/h9-11,14,17H,5-8,12-13H2,1-4H3. The fourth-order valence-electron chi connectivity index (χ4n) is 2.19. The van der Waals surface area contributed by atoms with Crippen molar-refractivity contribution >= 4 is 5.82 Å². The molecule has 0 spiro atoms. The molecule has 1 aromatic heterocycles. The first-order chi connectivity index (χ1) is 9.24. The lowest BCUT2D eigenvalue weighted by molar-refractivity contribution is 0.628. The van der Waals surface area contributed by atoms with Crippen LogP contribution >= 0.6 is 0 Å². The lowest BCUT2D eigenvalue weighted by Gasteiger charge is -2.27. The second-order valence-electron chi connectivity index (χ2n) is 5.12. The SMILES string of the molecule is CCCCN(CCCC)c1ncccc1C(C)NC. The molecule has 0 aliphatic heterocycles. The summed E-state index contributed by atoms with van der Waals surface area (Å²) in [5.41, 5.74) is 1.30. The first kappa shape index (κ1) is 16.0. The Balaban J connectivity index is 2.92. The van der Waals surface area contributed by atoms with Gasteiger partial charge in [0.05, 0.1) is 0 Å². The molecule has 1 heterocycles. The minimum absolute atomic E-state index is 0.342. The summed E-state index contributed by atoms with van der Waals surface area (Å²) in [5.74, 6) is 1.16. The normalized spacial score (nSPS) is 12.4. The van der Waals surface area contributed by atoms with Gasteiger partial charge in [-0.2, -0.15) is 0 Å². The average molecular weight is 263 g/mol. The summed E-state index contributed by atoms with van der Waals surface area (Å²) in [6, 6.07) is 4.56. The fourth-order valence-corrected chi connectivity index (χ4v) is 2.19. The lowest BCUT2D eigenvalue weighted by Crippen LogP contribution is -2.29. The van der Waals surface area contributed by atoms with Crippen molar-refractivity contribution in [2.75, 3.05) is 25.0 Å². The van der Waals surface area contributed by atoms with Crippen molar-refractivity contribution in [2.24, 2.45) is 0 Å². The summed E-state index contributed by atoms with van der Waals surface area (Å²) < 4.78 is 0. The molecule has 1 rings (SSSR count). The van der Waals surface area contributed by atoms with E-state index in [1.165, 1.54) is 31.2 Å². The number of aromatic nitrogens is 1. The van der Waals surface area contributed by atoms with Gasteiger partial charge in [-0.15, -0.1) is 0 Å². The van der Waals surface area contributed by atoms with Gasteiger partial charge >= 0.3 is 0 Å². The maximum absolute atomic E-state index is 4.64. The Kier molecular flexibility index (Phi) is 7.49. The van der Waals surface area contributed by atoms with E-state index in [2.05, 4.69) is 42.0 Å². The number of nitrogens with one attached hydrogen (secondary N) is 1. The van der Waals surface area contributed by atoms with Gasteiger partial charge in [0.1, 0.15) is 5.82 Å². The van der Waals surface area contributed by atoms with Crippen molar-refractivity contribution in [3.8, 4) is 0 Å². The molecule has 0 saturated carbocycles. The summed E-state index contributed by atoms with van der Waals surface area (Å²) in [6.07, 6.45) is 6.83. The summed E-state index contributed by atoms with van der Waals surface area (Å²) >= 11 is 0. The van der Waals surface area contributed by atoms with E-state index in [-0.39, 0.29) is 0 Å². The molecule has 1 N–H and O–H groups in total. The van der Waals surface area contributed by atoms with Gasteiger partial charge in [-0.3, -0.25) is 0 Å². The van der Waals surface area contributed by atoms with E-state index >= 15 is 0 Å². The summed E-state index contributed by atoms with van der Waals surface area (Å²) in [6.45, 7) is 8.90. The molecule has 1 atom stereocenters. The van der Waals surface area contributed by atoms with Crippen molar-refractivity contribution in [2.45, 2.75) is 52.5 Å². The molecular weight excluding hydrogens is 234 g/mol. The molecule has 0 saturated heterocycles. The Morgan fingerprint density at radius 3 is 2.37 bits per heavy atom. The third kappa shape index (κ3) is 4.83. The van der Waals surface area contributed by atoms with E-state index < -0.39 is 0 Å². The maximum atomic E-state index is 4.64. The summed E-state index contributed by atoms with van der Waals surface area (Å²) in [5, 5.41) is 3.32. The molecule has 1 aromatic rings. The van der Waals surface area contributed by atoms with Crippen LogP contribution in [0.4, 0.5) is 5.82 Å². The number of pyridine rings is 1. The van der Waals surface area contributed by atoms with Gasteiger partial charge in [0.25, 0.3) is 0 Å². The Bertz CT molecular complexity index is 344. The van der Waals surface area contributed by atoms with Crippen LogP contribution in [0.25, 0.3) is 0 Å². The predicted molar refractivity (Wildman–Crippen MR) is 83.7 cm³/mol. The molecule has 0 bridgehead atoms. The smallest absolute Gasteiger partial charge is 0.133 e. The van der Waals surface area contributed by atoms with E-state index in [0.717, 1.165) is 18.9 Å². The van der Waals surface area contributed by atoms with E-state index in [0.29, 0.717) is 6.04 Å². The minimum atomic E-state index is 0.342. The molecule has 1 unspecified atom stereocenters. The van der Waals surface area contributed by atoms with Crippen molar-refractivity contribution in [1.82, 2.24) is 10.3 Å². The van der Waals surface area contributed by atoms with E-state index in [4.69, 9.17) is 0 Å². The van der Waals surface area contributed by atoms with Crippen LogP contribution in [0.5, 0.6) is 0 Å². The lowest BCUT2D eigenvalue weighted by atomic mass is 10.1. The molecule has 0 radical (unpaired) electrons. The van der Waals surface area contributed by atoms with Crippen LogP contribution in [0.15, 0.2) is 18.3 Å². The highest BCUT2D eigenvalue weighted by atomic mass is 15.2. The van der Waals surface area contributed by atoms with Crippen LogP contribution in [0, 0.1) is 0 Å². The van der Waals surface area contributed by atoms with Gasteiger partial charge in [0.2, 0.25) is 0 Å². The van der Waals surface area contributed by atoms with Gasteiger partial charge in [-0.1, -0.05) is 32.8 Å². The van der Waals surface area contributed by atoms with Crippen LogP contribution in [0.3, 0.4) is 0 Å². The number of unbranched alkanes of at least 4 members (excludes halogenated alkanes) is 2. The monoisotopic (exact) mass is 263 g/mol. The molecule has 0 aromatic carbocycles. The fraction of sp³-hybridized carbons (Fsp3) is 0.688. The van der Waals surface area contributed by atoms with Crippen LogP contribution in [-0.2, 0) is 0 Å². The van der Waals surface area contributed by atoms with Gasteiger partial charge in [0.15, 0.2) is 0 Å². The van der Waals surface area contributed by atoms with Crippen LogP contribution in [-0.4, -0.2) is 25.1 Å². The molecule has 0 fully saturated rings. The van der Waals surface area contributed by atoms with Gasteiger partial charge in [0, 0.05) is 30.9 Å². The summed E-state index contributed by atoms with van der Waals surface area (Å²) in [7, 11) is 2.00. The molecule has 108 valence electrons. The zero-order valence-electron chi connectivity index (χ0n) is 12.9. The predicted octanol–water partition coefficient (Wildman–Crippen LogP) is 3.77. The largest absolute Gasteiger partial charge is 0.356 e. The quantitative estimate of drug-likeness (QED) is 0.735. The highest BCUT2D eigenvalue weighted by Gasteiger charge is 2.15. The zero-order chi connectivity index (χ0) is 14.1. The first-order valence-corrected chi connectivity index (χ1v) is 7.61. The molecule has 3 heteroatoms. The maximum Gasteiger partial charge on any atom is 0.133 e. The third-order valence-electron chi connectivity index (χ3n) is 3.58. The third-order valence-corrected chi connectivity index (χ3v) is 3.58. The number of anilines is 1. The topological polar surface area (TPSA) is 28.2 Å². The molecular formula is C16H29N3. The second kappa shape index (κ2) is 8.92. The van der Waals surface area contributed by atoms with Crippen LogP contribution < -0.4 is 10.2 Å². The summed E-state index contributed by atoms with van der Waals surface area (Å²) in [4.78, 5) is 7.09. The highest BCUT2D eigenvalue weighted by molar-refractivity contribution is 5.48. The Labute approximate surface area is 118 Å². The molecule has 3 nitrogen and oxygen atoms in total. The average Bonchev–Trinajstić information content (AvgIpc) is 2.47. The number of nitrogens with zero attached hydrogens (tertiary/aromatic N) is 2. The van der Waals surface area contributed by atoms with E-state index in [1.54, 1.807) is 0 Å². The Morgan fingerprint density at radius 1 is 1.21 bits per heavy atom. The Morgan fingerprint density at radius 2 is 1.84 bits per heavy atom. The first-order valence-electron chi connectivity index (χ1n) is 7.61. The van der Waals surface area contributed by atoms with E-state index in [1.807, 2.05) is 19.3 Å². The highest BCUT2D eigenvalue weighted by Crippen LogP contribution is 2.24. The minimum Gasteiger partial charge on any atom is -0.356 e. The molecule has 19 heavy (non-hydrogen) atoms. The van der Waals surface area contributed by atoms with Crippen LogP contribution in [0.1, 0.15) is 58.1 Å². The van der Waals surface area contributed by atoms with Gasteiger partial charge in [-0.25, -0.2) is 4.98 Å². The second-order valence-corrected chi connectivity index (χ2v) is 5.12. The van der Waals surface area contributed by atoms with E-state index in [9.17, 15) is 0 Å². The number of rotatable bonds is 9. The molecule has 0 aliphatic carbocycles. The van der Waals surface area contributed by atoms with Crippen molar-refractivity contribution in [3.63, 3.8) is 0 Å².